The van der Waals surface area contributed by atoms with Gasteiger partial charge in [0.1, 0.15) is 17.3 Å². The molecule has 0 radical (unpaired) electrons. The van der Waals surface area contributed by atoms with Crippen LogP contribution in [0.5, 0.6) is 11.5 Å². The molecule has 0 bridgehead atoms. The van der Waals surface area contributed by atoms with E-state index in [1.165, 1.54) is 17.0 Å². The van der Waals surface area contributed by atoms with Crippen LogP contribution in [0.4, 0.5) is 20.6 Å². The summed E-state index contributed by atoms with van der Waals surface area (Å²) in [7, 11) is 0. The molecule has 3 amide bonds. The van der Waals surface area contributed by atoms with Crippen molar-refractivity contribution < 1.29 is 18.7 Å². The number of urea groups is 1. The number of anilines is 2. The number of carbonyl (C=O) groups excluding carboxylic acids is 2. The monoisotopic (exact) mass is 449 g/mol. The fourth-order valence-electron chi connectivity index (χ4n) is 3.19. The molecule has 172 valence electrons. The Morgan fingerprint density at radius 1 is 0.909 bits per heavy atom. The normalized spacial score (nSPS) is 10.4. The summed E-state index contributed by atoms with van der Waals surface area (Å²) in [6, 6.07) is 22.0. The van der Waals surface area contributed by atoms with E-state index < -0.39 is 11.8 Å². The predicted octanol–water partition coefficient (Wildman–Crippen LogP) is 5.96. The maximum atomic E-state index is 14.0. The highest BCUT2D eigenvalue weighted by Crippen LogP contribution is 2.25. The van der Waals surface area contributed by atoms with Crippen molar-refractivity contribution in [3.63, 3.8) is 0 Å². The zero-order valence-electron chi connectivity index (χ0n) is 18.6. The third kappa shape index (κ3) is 7.35. The van der Waals surface area contributed by atoms with E-state index in [1.54, 1.807) is 36.4 Å². The van der Waals surface area contributed by atoms with Gasteiger partial charge in [0.05, 0.1) is 5.69 Å². The molecule has 0 atom stereocenters. The van der Waals surface area contributed by atoms with Crippen molar-refractivity contribution in [2.75, 3.05) is 23.3 Å². The van der Waals surface area contributed by atoms with E-state index in [1.807, 2.05) is 37.3 Å². The summed E-state index contributed by atoms with van der Waals surface area (Å²) in [6.45, 7) is 2.72. The minimum atomic E-state index is -0.510. The van der Waals surface area contributed by atoms with Crippen LogP contribution in [0.25, 0.3) is 0 Å². The maximum Gasteiger partial charge on any atom is 0.326 e. The Kier molecular flexibility index (Phi) is 8.82. The van der Waals surface area contributed by atoms with Crippen molar-refractivity contribution >= 4 is 23.3 Å². The molecule has 33 heavy (non-hydrogen) atoms. The van der Waals surface area contributed by atoms with E-state index in [0.717, 1.165) is 6.42 Å². The number of rotatable bonds is 10. The van der Waals surface area contributed by atoms with Crippen molar-refractivity contribution in [1.29, 1.82) is 0 Å². The van der Waals surface area contributed by atoms with Crippen LogP contribution >= 0.6 is 0 Å². The smallest absolute Gasteiger partial charge is 0.326 e. The van der Waals surface area contributed by atoms with Crippen molar-refractivity contribution in [1.82, 2.24) is 5.32 Å². The molecule has 3 aromatic rings. The molecule has 2 N–H and O–H groups in total. The van der Waals surface area contributed by atoms with Gasteiger partial charge in [0.15, 0.2) is 0 Å². The van der Waals surface area contributed by atoms with Crippen LogP contribution in [0.15, 0.2) is 78.9 Å². The maximum absolute atomic E-state index is 14.0. The van der Waals surface area contributed by atoms with Crippen LogP contribution in [0, 0.1) is 5.82 Å². The Bertz CT molecular complexity index is 1040. The summed E-state index contributed by atoms with van der Waals surface area (Å²) in [5.41, 5.74) is 0.733. The number of halogens is 1. The van der Waals surface area contributed by atoms with Crippen molar-refractivity contribution in [2.24, 2.45) is 0 Å². The Labute approximate surface area is 193 Å². The standard InChI is InChI=1S/C26H28FN3O3/c1-2-9-25(31)28-18-8-19-30(26(32)29-24-13-7-6-12-23(24)27)20-14-16-22(17-15-20)33-21-10-4-3-5-11-21/h3-7,10-17H,2,8-9,18-19H2,1H3,(H,28,31)(H,29,32). The molecule has 7 heteroatoms. The highest BCUT2D eigenvalue weighted by Gasteiger charge is 2.17. The number of nitrogens with zero attached hydrogens (tertiary/aromatic N) is 1. The summed E-state index contributed by atoms with van der Waals surface area (Å²) in [6.07, 6.45) is 1.79. The van der Waals surface area contributed by atoms with Gasteiger partial charge < -0.3 is 15.4 Å². The second kappa shape index (κ2) is 12.2. The average molecular weight is 450 g/mol. The average Bonchev–Trinajstić information content (AvgIpc) is 2.82. The molecule has 0 saturated heterocycles. The number of para-hydroxylation sites is 2. The Morgan fingerprint density at radius 2 is 1.58 bits per heavy atom. The first-order chi connectivity index (χ1) is 16.1. The van der Waals surface area contributed by atoms with Crippen LogP contribution in [0.1, 0.15) is 26.2 Å². The molecule has 3 rings (SSSR count). The van der Waals surface area contributed by atoms with E-state index in [2.05, 4.69) is 10.6 Å². The summed E-state index contributed by atoms with van der Waals surface area (Å²) in [5, 5.41) is 5.47. The minimum Gasteiger partial charge on any atom is -0.457 e. The van der Waals surface area contributed by atoms with Gasteiger partial charge in [-0.05, 0) is 61.4 Å². The quantitative estimate of drug-likeness (QED) is 0.375. The largest absolute Gasteiger partial charge is 0.457 e. The lowest BCUT2D eigenvalue weighted by atomic mass is 10.2. The first kappa shape index (κ1) is 23.8. The molecule has 3 aromatic carbocycles. The van der Waals surface area contributed by atoms with E-state index in [0.29, 0.717) is 43.1 Å². The zero-order chi connectivity index (χ0) is 23.5. The molecular weight excluding hydrogens is 421 g/mol. The number of hydrogen-bond acceptors (Lipinski definition) is 3. The Morgan fingerprint density at radius 3 is 2.27 bits per heavy atom. The SMILES string of the molecule is CCCC(=O)NCCCN(C(=O)Nc1ccccc1F)c1ccc(Oc2ccccc2)cc1. The molecule has 0 aliphatic carbocycles. The van der Waals surface area contributed by atoms with Gasteiger partial charge in [-0.3, -0.25) is 9.69 Å². The number of carbonyl (C=O) groups is 2. The van der Waals surface area contributed by atoms with Gasteiger partial charge >= 0.3 is 6.03 Å². The van der Waals surface area contributed by atoms with E-state index in [4.69, 9.17) is 4.74 Å². The van der Waals surface area contributed by atoms with E-state index >= 15 is 0 Å². The van der Waals surface area contributed by atoms with Crippen LogP contribution in [-0.4, -0.2) is 25.0 Å². The van der Waals surface area contributed by atoms with Gasteiger partial charge in [-0.2, -0.15) is 0 Å². The first-order valence-electron chi connectivity index (χ1n) is 11.0. The fourth-order valence-corrected chi connectivity index (χ4v) is 3.19. The summed E-state index contributed by atoms with van der Waals surface area (Å²) >= 11 is 0. The third-order valence-electron chi connectivity index (χ3n) is 4.85. The fraction of sp³-hybridized carbons (Fsp3) is 0.231. The molecule has 6 nitrogen and oxygen atoms in total. The van der Waals surface area contributed by atoms with Gasteiger partial charge in [0, 0.05) is 25.2 Å². The number of nitrogens with one attached hydrogen (secondary N) is 2. The molecule has 0 aliphatic heterocycles. The lowest BCUT2D eigenvalue weighted by molar-refractivity contribution is -0.121. The van der Waals surface area contributed by atoms with Crippen LogP contribution in [-0.2, 0) is 4.79 Å². The zero-order valence-corrected chi connectivity index (χ0v) is 18.6. The Hall–Kier alpha value is -3.87. The molecule has 0 saturated carbocycles. The van der Waals surface area contributed by atoms with Crippen molar-refractivity contribution in [3.05, 3.63) is 84.7 Å². The van der Waals surface area contributed by atoms with Gasteiger partial charge in [-0.1, -0.05) is 37.3 Å². The molecule has 0 aliphatic rings. The highest BCUT2D eigenvalue weighted by molar-refractivity contribution is 6.01. The molecular formula is C26H28FN3O3. The number of amides is 3. The predicted molar refractivity (Wildman–Crippen MR) is 128 cm³/mol. The number of hydrogen-bond donors (Lipinski definition) is 2. The van der Waals surface area contributed by atoms with Crippen LogP contribution in [0.3, 0.4) is 0 Å². The van der Waals surface area contributed by atoms with Gasteiger partial charge in [0.25, 0.3) is 0 Å². The first-order valence-corrected chi connectivity index (χ1v) is 11.0. The van der Waals surface area contributed by atoms with E-state index in [9.17, 15) is 14.0 Å². The third-order valence-corrected chi connectivity index (χ3v) is 4.85. The number of ether oxygens (including phenoxy) is 1. The van der Waals surface area contributed by atoms with Crippen LogP contribution in [0.2, 0.25) is 0 Å². The summed E-state index contributed by atoms with van der Waals surface area (Å²) < 4.78 is 19.9. The lowest BCUT2D eigenvalue weighted by Crippen LogP contribution is -2.37. The highest BCUT2D eigenvalue weighted by atomic mass is 19.1. The second-order valence-corrected chi connectivity index (χ2v) is 7.42. The van der Waals surface area contributed by atoms with Gasteiger partial charge in [-0.25, -0.2) is 9.18 Å². The molecule has 0 fully saturated rings. The van der Waals surface area contributed by atoms with Crippen LogP contribution < -0.4 is 20.3 Å². The topological polar surface area (TPSA) is 70.7 Å². The van der Waals surface area contributed by atoms with Gasteiger partial charge in [0.2, 0.25) is 5.91 Å². The second-order valence-electron chi connectivity index (χ2n) is 7.42. The number of benzene rings is 3. The summed E-state index contributed by atoms with van der Waals surface area (Å²) in [4.78, 5) is 26.2. The lowest BCUT2D eigenvalue weighted by Gasteiger charge is -2.24. The van der Waals surface area contributed by atoms with Crippen molar-refractivity contribution in [3.8, 4) is 11.5 Å². The minimum absolute atomic E-state index is 0.0118. The molecule has 0 spiro atoms. The summed E-state index contributed by atoms with van der Waals surface area (Å²) in [5.74, 6) is 0.819. The van der Waals surface area contributed by atoms with Crippen molar-refractivity contribution in [2.45, 2.75) is 26.2 Å². The molecule has 0 heterocycles. The molecule has 0 unspecified atom stereocenters. The van der Waals surface area contributed by atoms with E-state index in [-0.39, 0.29) is 11.6 Å². The Balaban J connectivity index is 1.70. The molecule has 0 aromatic heterocycles. The van der Waals surface area contributed by atoms with Gasteiger partial charge in [-0.15, -0.1) is 0 Å².